The van der Waals surface area contributed by atoms with Gasteiger partial charge in [-0.2, -0.15) is 9.78 Å². The maximum atomic E-state index is 11.8. The van der Waals surface area contributed by atoms with Crippen molar-refractivity contribution >= 4 is 28.8 Å². The van der Waals surface area contributed by atoms with Crippen molar-refractivity contribution in [1.29, 1.82) is 0 Å². The van der Waals surface area contributed by atoms with Crippen molar-refractivity contribution in [3.63, 3.8) is 0 Å². The van der Waals surface area contributed by atoms with E-state index >= 15 is 0 Å². The molecule has 0 saturated carbocycles. The number of aromatic nitrogens is 2. The van der Waals surface area contributed by atoms with Gasteiger partial charge in [0, 0.05) is 9.75 Å². The van der Waals surface area contributed by atoms with Gasteiger partial charge in [-0.05, 0) is 36.6 Å². The van der Waals surface area contributed by atoms with Crippen LogP contribution in [0.1, 0.15) is 6.92 Å². The molecule has 3 aromatic rings. The van der Waals surface area contributed by atoms with Crippen LogP contribution in [0.5, 0.6) is 0 Å². The van der Waals surface area contributed by atoms with Gasteiger partial charge in [-0.25, -0.2) is 4.79 Å². The van der Waals surface area contributed by atoms with E-state index in [2.05, 4.69) is 22.6 Å². The Morgan fingerprint density at radius 1 is 1.25 bits per heavy atom. The highest BCUT2D eigenvalue weighted by atomic mass is 32.1. The number of rotatable bonds is 3. The summed E-state index contributed by atoms with van der Waals surface area (Å²) in [6.07, 6.45) is 1.16. The summed E-state index contributed by atoms with van der Waals surface area (Å²) in [5, 5.41) is 6.09. The lowest BCUT2D eigenvalue weighted by Gasteiger charge is -2.04. The number of thiophene rings is 2. The van der Waals surface area contributed by atoms with Crippen LogP contribution in [-0.4, -0.2) is 22.5 Å². The Morgan fingerprint density at radius 2 is 2.10 bits per heavy atom. The maximum Gasteiger partial charge on any atom is 0.435 e. The molecule has 3 rings (SSSR count). The van der Waals surface area contributed by atoms with Gasteiger partial charge >= 0.3 is 6.09 Å². The van der Waals surface area contributed by atoms with E-state index in [0.29, 0.717) is 6.61 Å². The number of hydrogen-bond donors (Lipinski definition) is 0. The Balaban J connectivity index is 1.94. The topological polar surface area (TPSA) is 44.1 Å². The first-order valence-corrected chi connectivity index (χ1v) is 7.84. The molecule has 0 aromatic carbocycles. The number of hydrogen-bond acceptors (Lipinski definition) is 5. The lowest BCUT2D eigenvalue weighted by molar-refractivity contribution is 0.151. The van der Waals surface area contributed by atoms with E-state index in [9.17, 15) is 4.79 Å². The molecule has 0 spiro atoms. The van der Waals surface area contributed by atoms with Crippen molar-refractivity contribution in [2.45, 2.75) is 6.92 Å². The Bertz CT molecular complexity index is 713. The lowest BCUT2D eigenvalue weighted by atomic mass is 10.3. The Labute approximate surface area is 124 Å². The molecular weight excluding hydrogens is 292 g/mol. The molecule has 0 aliphatic rings. The summed E-state index contributed by atoms with van der Waals surface area (Å²) in [4.78, 5) is 15.2. The van der Waals surface area contributed by atoms with E-state index in [1.807, 2.05) is 18.2 Å². The molecule has 3 aromatic heterocycles. The minimum Gasteiger partial charge on any atom is -0.448 e. The highest BCUT2D eigenvalue weighted by Crippen LogP contribution is 2.36. The molecule has 4 nitrogen and oxygen atoms in total. The zero-order valence-corrected chi connectivity index (χ0v) is 12.4. The van der Waals surface area contributed by atoms with Crippen molar-refractivity contribution in [2.75, 3.05) is 6.61 Å². The Morgan fingerprint density at radius 3 is 2.85 bits per heavy atom. The molecule has 0 saturated heterocycles. The smallest absolute Gasteiger partial charge is 0.435 e. The summed E-state index contributed by atoms with van der Waals surface area (Å²) in [5.41, 5.74) is 0.760. The first-order chi connectivity index (χ1) is 9.79. The van der Waals surface area contributed by atoms with E-state index in [4.69, 9.17) is 4.74 Å². The Kier molecular flexibility index (Phi) is 3.66. The average Bonchev–Trinajstić information content (AvgIpc) is 3.19. The van der Waals surface area contributed by atoms with Crippen LogP contribution in [0.4, 0.5) is 4.79 Å². The summed E-state index contributed by atoms with van der Waals surface area (Å²) in [6.45, 7) is 2.12. The molecule has 0 N–H and O–H groups in total. The molecule has 0 amide bonds. The third-order valence-electron chi connectivity index (χ3n) is 2.71. The normalized spacial score (nSPS) is 10.7. The fourth-order valence-corrected chi connectivity index (χ4v) is 3.70. The van der Waals surface area contributed by atoms with Gasteiger partial charge in [0.25, 0.3) is 0 Å². The van der Waals surface area contributed by atoms with Crippen LogP contribution in [0, 0.1) is 0 Å². The van der Waals surface area contributed by atoms with Crippen molar-refractivity contribution in [3.8, 4) is 20.3 Å². The highest BCUT2D eigenvalue weighted by molar-refractivity contribution is 7.23. The summed E-state index contributed by atoms with van der Waals surface area (Å²) >= 11 is 3.34. The van der Waals surface area contributed by atoms with Crippen molar-refractivity contribution in [3.05, 3.63) is 41.9 Å². The van der Waals surface area contributed by atoms with Gasteiger partial charge < -0.3 is 4.74 Å². The standard InChI is InChI=1S/C14H12N2O2S2/c1-2-18-14(17)16-10(7-8-15-16)11-5-6-13(20-11)12-4-3-9-19-12/h3-9H,2H2,1H3. The highest BCUT2D eigenvalue weighted by Gasteiger charge is 2.15. The summed E-state index contributed by atoms with van der Waals surface area (Å²) < 4.78 is 6.29. The van der Waals surface area contributed by atoms with Gasteiger partial charge in [0.1, 0.15) is 0 Å². The second kappa shape index (κ2) is 5.60. The third-order valence-corrected chi connectivity index (χ3v) is 4.88. The van der Waals surface area contributed by atoms with Crippen molar-refractivity contribution in [1.82, 2.24) is 9.78 Å². The number of carbonyl (C=O) groups is 1. The maximum absolute atomic E-state index is 11.8. The van der Waals surface area contributed by atoms with Crippen LogP contribution in [0.25, 0.3) is 20.3 Å². The van der Waals surface area contributed by atoms with Gasteiger partial charge in [-0.15, -0.1) is 22.7 Å². The predicted octanol–water partition coefficient (Wildman–Crippen LogP) is 4.34. The largest absolute Gasteiger partial charge is 0.448 e. The van der Waals surface area contributed by atoms with Crippen LogP contribution < -0.4 is 0 Å². The lowest BCUT2D eigenvalue weighted by Crippen LogP contribution is -2.15. The SMILES string of the molecule is CCOC(=O)n1nccc1-c1ccc(-c2cccs2)s1. The minimum atomic E-state index is -0.446. The van der Waals surface area contributed by atoms with E-state index in [1.54, 1.807) is 35.8 Å². The van der Waals surface area contributed by atoms with E-state index < -0.39 is 6.09 Å². The monoisotopic (exact) mass is 304 g/mol. The van der Waals surface area contributed by atoms with Crippen LogP contribution in [0.3, 0.4) is 0 Å². The molecule has 0 unspecified atom stereocenters. The summed E-state index contributed by atoms with van der Waals surface area (Å²) in [7, 11) is 0. The zero-order valence-electron chi connectivity index (χ0n) is 10.8. The first kappa shape index (κ1) is 13.1. The third kappa shape index (κ3) is 2.39. The number of nitrogens with zero attached hydrogens (tertiary/aromatic N) is 2. The van der Waals surface area contributed by atoms with Crippen LogP contribution >= 0.6 is 22.7 Å². The molecular formula is C14H12N2O2S2. The van der Waals surface area contributed by atoms with Crippen molar-refractivity contribution in [2.24, 2.45) is 0 Å². The predicted molar refractivity (Wildman–Crippen MR) is 81.3 cm³/mol. The Hall–Kier alpha value is -1.92. The molecule has 20 heavy (non-hydrogen) atoms. The average molecular weight is 304 g/mol. The molecule has 0 bridgehead atoms. The van der Waals surface area contributed by atoms with Crippen LogP contribution in [-0.2, 0) is 4.74 Å². The number of ether oxygens (including phenoxy) is 1. The summed E-state index contributed by atoms with van der Waals surface area (Å²) in [6, 6.07) is 10.0. The fraction of sp³-hybridized carbons (Fsp3) is 0.143. The molecule has 6 heteroatoms. The quantitative estimate of drug-likeness (QED) is 0.722. The summed E-state index contributed by atoms with van der Waals surface area (Å²) in [5.74, 6) is 0. The molecule has 0 fully saturated rings. The zero-order chi connectivity index (χ0) is 13.9. The molecule has 0 atom stereocenters. The molecule has 102 valence electrons. The molecule has 0 aliphatic heterocycles. The first-order valence-electron chi connectivity index (χ1n) is 6.15. The van der Waals surface area contributed by atoms with E-state index in [-0.39, 0.29) is 0 Å². The van der Waals surface area contributed by atoms with Gasteiger partial charge in [0.05, 0.1) is 23.4 Å². The van der Waals surface area contributed by atoms with E-state index in [0.717, 1.165) is 10.6 Å². The minimum absolute atomic E-state index is 0.336. The molecule has 0 aliphatic carbocycles. The molecule has 3 heterocycles. The van der Waals surface area contributed by atoms with Crippen LogP contribution in [0.15, 0.2) is 41.9 Å². The van der Waals surface area contributed by atoms with Crippen molar-refractivity contribution < 1.29 is 9.53 Å². The van der Waals surface area contributed by atoms with Gasteiger partial charge in [0.15, 0.2) is 0 Å². The van der Waals surface area contributed by atoms with Crippen LogP contribution in [0.2, 0.25) is 0 Å². The fourth-order valence-electron chi connectivity index (χ4n) is 1.85. The second-order valence-corrected chi connectivity index (χ2v) is 6.00. The second-order valence-electron chi connectivity index (χ2n) is 3.97. The van der Waals surface area contributed by atoms with Gasteiger partial charge in [-0.3, -0.25) is 0 Å². The van der Waals surface area contributed by atoms with E-state index in [1.165, 1.54) is 14.4 Å². The van der Waals surface area contributed by atoms with Gasteiger partial charge in [-0.1, -0.05) is 6.07 Å². The molecule has 0 radical (unpaired) electrons. The number of carbonyl (C=O) groups excluding carboxylic acids is 1. The van der Waals surface area contributed by atoms with Gasteiger partial charge in [0.2, 0.25) is 0 Å².